The van der Waals surface area contributed by atoms with Crippen molar-refractivity contribution in [3.05, 3.63) is 153 Å². The Hall–Kier alpha value is -10.8. The molecule has 2 aromatic heterocycles. The maximum atomic E-state index is 14.6. The number of cyclic esters (lactones) is 1. The molecule has 578 valence electrons. The molecule has 1 saturated heterocycles. The zero-order chi connectivity index (χ0) is 78.3. The molecule has 6 aromatic rings. The summed E-state index contributed by atoms with van der Waals surface area (Å²) in [7, 11) is 1.37. The first kappa shape index (κ1) is 81.2. The number of carboxylic acid groups (broad SMARTS) is 1. The number of aromatic nitrogens is 2. The Kier molecular flexibility index (Phi) is 27.2. The third-order valence-electron chi connectivity index (χ3n) is 19.1. The van der Waals surface area contributed by atoms with Crippen LogP contribution in [0.1, 0.15) is 101 Å². The SMILES string of the molecule is C=C(C)[C@@]1(OC(=O)[C@@H](NC(=O)[C@@H]2CCCN2C(O)[C@H](CC(N)=O)NC(=O)CN(C)CCN(C)CCN(C)CCNC(=O)Nc2ccc(NC(=O)N[C@H](CC(=O)O)c3cccc(NS(=O)(=O)c4cccc(NC(=O)NCCC)c4)c3)cc2)C(C)C)C(=O)OCc2c1cc1n(c2=O)Cc2c-1nc1ccccc1c2CC. The lowest BCUT2D eigenvalue weighted by atomic mass is 9.82. The number of esters is 2. The van der Waals surface area contributed by atoms with Gasteiger partial charge < -0.3 is 82.3 Å². The van der Waals surface area contributed by atoms with E-state index in [-0.39, 0.29) is 71.2 Å². The number of hydrogen-bond donors (Lipinski definition) is 12. The lowest BCUT2D eigenvalue weighted by Crippen LogP contribution is -2.59. The summed E-state index contributed by atoms with van der Waals surface area (Å²) in [6.45, 7) is 16.2. The third kappa shape index (κ3) is 20.0. The van der Waals surface area contributed by atoms with E-state index in [4.69, 9.17) is 20.2 Å². The number of likely N-dealkylation sites (N-methyl/N-ethyl adjacent to an activating group) is 3. The largest absolute Gasteiger partial charge is 0.481 e. The van der Waals surface area contributed by atoms with E-state index in [0.717, 1.165) is 22.0 Å². The number of carboxylic acids is 1. The maximum Gasteiger partial charge on any atom is 0.360 e. The predicted molar refractivity (Wildman–Crippen MR) is 405 cm³/mol. The summed E-state index contributed by atoms with van der Waals surface area (Å²) >= 11 is 0. The summed E-state index contributed by atoms with van der Waals surface area (Å²) in [6.07, 6.45) is -0.562. The van der Waals surface area contributed by atoms with E-state index in [1.165, 1.54) is 66.4 Å². The monoisotopic (exact) mass is 1510 g/mol. The van der Waals surface area contributed by atoms with Gasteiger partial charge in [-0.25, -0.2) is 37.4 Å². The molecule has 0 aliphatic carbocycles. The molecule has 9 rings (SSSR count). The van der Waals surface area contributed by atoms with Crippen molar-refractivity contribution < 1.29 is 71.3 Å². The first-order valence-corrected chi connectivity index (χ1v) is 37.2. The number of amides is 9. The van der Waals surface area contributed by atoms with Crippen LogP contribution >= 0.6 is 0 Å². The average molecular weight is 1510 g/mol. The highest BCUT2D eigenvalue weighted by molar-refractivity contribution is 7.92. The minimum absolute atomic E-state index is 0.0474. The number of aliphatic carboxylic acids is 1. The van der Waals surface area contributed by atoms with Gasteiger partial charge in [-0.2, -0.15) is 0 Å². The quantitative estimate of drug-likeness (QED) is 0.0185. The number of rotatable bonds is 35. The Balaban J connectivity index is 0.697. The van der Waals surface area contributed by atoms with Crippen molar-refractivity contribution in [2.45, 2.75) is 127 Å². The van der Waals surface area contributed by atoms with Crippen molar-refractivity contribution in [2.75, 3.05) is 101 Å². The molecule has 0 bridgehead atoms. The molecule has 0 saturated carbocycles. The molecule has 4 aromatic carbocycles. The molecular weight excluding hydrogens is 1410 g/mol. The molecule has 33 heteroatoms. The van der Waals surface area contributed by atoms with Gasteiger partial charge in [0.2, 0.25) is 17.7 Å². The average Bonchev–Trinajstić information content (AvgIpc) is 1.69. The van der Waals surface area contributed by atoms with Crippen molar-refractivity contribution in [1.82, 2.24) is 55.7 Å². The van der Waals surface area contributed by atoms with Crippen LogP contribution in [0.3, 0.4) is 0 Å². The predicted octanol–water partition coefficient (Wildman–Crippen LogP) is 4.93. The third-order valence-corrected chi connectivity index (χ3v) is 20.4. The zero-order valence-corrected chi connectivity index (χ0v) is 62.6. The van der Waals surface area contributed by atoms with Crippen LogP contribution in [0.5, 0.6) is 0 Å². The first-order chi connectivity index (χ1) is 51.4. The Labute approximate surface area is 625 Å². The van der Waals surface area contributed by atoms with Crippen molar-refractivity contribution in [1.29, 1.82) is 0 Å². The second kappa shape index (κ2) is 36.2. The van der Waals surface area contributed by atoms with Crippen LogP contribution in [0.25, 0.3) is 22.3 Å². The zero-order valence-electron chi connectivity index (χ0n) is 61.8. The van der Waals surface area contributed by atoms with Gasteiger partial charge in [0.1, 0.15) is 18.9 Å². The standard InChI is InChI=1S/C75H96N16O16S/c1-10-28-77-72(101)81-49-18-15-20-51(37-49)108(104,105)86-50-19-14-17-46(36-50)58(40-64(94)95)84-74(103)80-48-26-24-47(25-27-48)79-73(102)78-29-31-87(7)32-33-88(8)34-35-89(9)42-63(93)82-59(39-62(76)92)69(98)90-30-16-23-60(90)67(96)85-65(44(3)4)70(99)107-75(45(5)6)56-38-61-66-54(41-91(61)68(97)55(56)43-106-71(75)100)52(11-2)53-21-12-13-22-57(53)83-66/h12-15,17-22,24-27,36-38,44,58-60,65,69,86,98H,5,10-11,16,23,28-35,39-43H2,1-4,6-9H3,(H2,76,92)(H,82,93)(H,85,96)(H,94,95)(H2,77,81,101)(H2,78,79,102)(H2,80,84,103)/t58-,59+,60+,65+,69?,75+/m1/s1. The summed E-state index contributed by atoms with van der Waals surface area (Å²) in [5.41, 5.74) is 8.10. The minimum Gasteiger partial charge on any atom is -0.481 e. The van der Waals surface area contributed by atoms with Crippen LogP contribution in [0.15, 0.2) is 125 Å². The van der Waals surface area contributed by atoms with E-state index in [1.54, 1.807) is 54.6 Å². The second-order valence-corrected chi connectivity index (χ2v) is 29.3. The number of para-hydroxylation sites is 1. The number of nitrogens with zero attached hydrogens (tertiary/aromatic N) is 6. The van der Waals surface area contributed by atoms with Crippen LogP contribution < -0.4 is 58.5 Å². The molecule has 5 heterocycles. The lowest BCUT2D eigenvalue weighted by Gasteiger charge is -2.38. The number of sulfonamides is 1. The van der Waals surface area contributed by atoms with Gasteiger partial charge >= 0.3 is 36.0 Å². The number of ether oxygens (including phenoxy) is 2. The molecule has 3 aliphatic rings. The number of carbonyl (C=O) groups excluding carboxylic acids is 8. The number of aliphatic hydroxyl groups is 1. The van der Waals surface area contributed by atoms with Crippen LogP contribution in [0.2, 0.25) is 0 Å². The van der Waals surface area contributed by atoms with Crippen molar-refractivity contribution in [3.63, 3.8) is 0 Å². The van der Waals surface area contributed by atoms with Gasteiger partial charge in [-0.3, -0.25) is 38.5 Å². The molecule has 9 amide bonds. The van der Waals surface area contributed by atoms with Crippen molar-refractivity contribution in [2.24, 2.45) is 11.7 Å². The van der Waals surface area contributed by atoms with Crippen LogP contribution in [0.4, 0.5) is 37.1 Å². The number of anilines is 4. The summed E-state index contributed by atoms with van der Waals surface area (Å²) in [6, 6.07) is 20.6. The fourth-order valence-electron chi connectivity index (χ4n) is 13.3. The van der Waals surface area contributed by atoms with Gasteiger partial charge in [-0.05, 0) is 143 Å². The number of aryl methyl sites for hydroxylation is 1. The van der Waals surface area contributed by atoms with E-state index >= 15 is 0 Å². The summed E-state index contributed by atoms with van der Waals surface area (Å²) < 4.78 is 42.7. The molecular formula is C75H96N16O16S. The van der Waals surface area contributed by atoms with Crippen LogP contribution in [-0.4, -0.2) is 206 Å². The highest BCUT2D eigenvalue weighted by Crippen LogP contribution is 2.44. The highest BCUT2D eigenvalue weighted by Gasteiger charge is 2.54. The topological polar surface area (TPSA) is 429 Å². The fourth-order valence-corrected chi connectivity index (χ4v) is 14.4. The van der Waals surface area contributed by atoms with E-state index in [2.05, 4.69) is 58.7 Å². The van der Waals surface area contributed by atoms with Crippen LogP contribution in [-0.2, 0) is 73.4 Å². The number of benzene rings is 4. The lowest BCUT2D eigenvalue weighted by molar-refractivity contribution is -0.185. The fraction of sp³-hybridized carbons (Fsp3) is 0.427. The van der Waals surface area contributed by atoms with Gasteiger partial charge in [0.05, 0.1) is 71.4 Å². The van der Waals surface area contributed by atoms with Crippen molar-refractivity contribution >= 4 is 97.4 Å². The highest BCUT2D eigenvalue weighted by atomic mass is 32.2. The number of aliphatic hydroxyl groups excluding tert-OH is 1. The van der Waals surface area contributed by atoms with E-state index in [0.29, 0.717) is 87.8 Å². The molecule has 108 heavy (non-hydrogen) atoms. The van der Waals surface area contributed by atoms with Gasteiger partial charge in [0.25, 0.3) is 21.2 Å². The van der Waals surface area contributed by atoms with Gasteiger partial charge in [0, 0.05) is 91.6 Å². The number of likely N-dealkylation sites (tertiary alicyclic amines) is 1. The number of pyridine rings is 2. The van der Waals surface area contributed by atoms with E-state index < -0.39 is 124 Å². The molecule has 0 radical (unpaired) electrons. The van der Waals surface area contributed by atoms with Gasteiger partial charge in [-0.15, -0.1) is 0 Å². The number of fused-ring (bicyclic) bond motifs is 5. The molecule has 6 atom stereocenters. The number of nitrogens with two attached hydrogens (primary N) is 1. The van der Waals surface area contributed by atoms with E-state index in [1.807, 2.05) is 57.1 Å². The number of carbonyl (C=O) groups is 9. The number of primary amides is 1. The molecule has 3 aliphatic heterocycles. The molecule has 32 nitrogen and oxygen atoms in total. The first-order valence-electron chi connectivity index (χ1n) is 35.7. The molecule has 1 fully saturated rings. The molecule has 0 spiro atoms. The number of hydrogen-bond acceptors (Lipinski definition) is 20. The number of nitrogens with one attached hydrogen (secondary N) is 9. The molecule has 1 unspecified atom stereocenters. The summed E-state index contributed by atoms with van der Waals surface area (Å²) in [5, 5.41) is 44.2. The maximum absolute atomic E-state index is 14.6. The second-order valence-electron chi connectivity index (χ2n) is 27.6. The van der Waals surface area contributed by atoms with Crippen LogP contribution in [0, 0.1) is 5.92 Å². The van der Waals surface area contributed by atoms with E-state index in [9.17, 15) is 66.6 Å². The van der Waals surface area contributed by atoms with Crippen molar-refractivity contribution in [3.8, 4) is 11.4 Å². The van der Waals surface area contributed by atoms with Gasteiger partial charge in [0.15, 0.2) is 0 Å². The Morgan fingerprint density at radius 1 is 0.759 bits per heavy atom. The Morgan fingerprint density at radius 3 is 2.06 bits per heavy atom. The minimum atomic E-state index is -4.19. The van der Waals surface area contributed by atoms with Gasteiger partial charge in [-0.1, -0.05) is 70.7 Å². The summed E-state index contributed by atoms with van der Waals surface area (Å²) in [4.78, 5) is 146. The Bertz CT molecular complexity index is 4560. The smallest absolute Gasteiger partial charge is 0.360 e. The molecule has 13 N–H and O–H groups in total. The normalized spacial score (nSPS) is 16.4. The number of urea groups is 3. The summed E-state index contributed by atoms with van der Waals surface area (Å²) in [5.74, 6) is -5.86. The Morgan fingerprint density at radius 2 is 1.40 bits per heavy atom.